The lowest BCUT2D eigenvalue weighted by atomic mass is 9.65. The number of rotatable bonds is 4. The number of nitrogens with zero attached hydrogens (tertiary/aromatic N) is 4. The summed E-state index contributed by atoms with van der Waals surface area (Å²) in [6.45, 7) is 0. The van der Waals surface area contributed by atoms with E-state index in [4.69, 9.17) is 19.9 Å². The van der Waals surface area contributed by atoms with E-state index in [-0.39, 0.29) is 0 Å². The Labute approximate surface area is 370 Å². The van der Waals surface area contributed by atoms with E-state index in [1.54, 1.807) is 18.5 Å². The highest BCUT2D eigenvalue weighted by atomic mass is 32.2. The molecule has 0 saturated heterocycles. The van der Waals surface area contributed by atoms with Gasteiger partial charge in [-0.2, -0.15) is 0 Å². The van der Waals surface area contributed by atoms with Gasteiger partial charge in [0, 0.05) is 45.8 Å². The first-order chi connectivity index (χ1) is 31.5. The van der Waals surface area contributed by atoms with Crippen molar-refractivity contribution in [3.05, 3.63) is 229 Å². The Hall–Kier alpha value is -8.13. The van der Waals surface area contributed by atoms with Gasteiger partial charge in [0.2, 0.25) is 9.84 Å². The van der Waals surface area contributed by atoms with Gasteiger partial charge >= 0.3 is 0 Å². The number of sulfone groups is 1. The second-order valence-corrected chi connectivity index (χ2v) is 18.4. The number of fused-ring (bicyclic) bond motifs is 16. The predicted molar refractivity (Wildman–Crippen MR) is 252 cm³/mol. The second kappa shape index (κ2) is 13.7. The first kappa shape index (κ1) is 36.5. The monoisotopic (exact) mass is 838 g/mol. The Balaban J connectivity index is 1.10. The molecule has 1 aliphatic heterocycles. The van der Waals surface area contributed by atoms with Crippen LogP contribution in [0.15, 0.2) is 216 Å². The molecule has 1 spiro atoms. The van der Waals surface area contributed by atoms with Crippen LogP contribution in [-0.4, -0.2) is 28.4 Å². The molecule has 2 aliphatic carbocycles. The minimum absolute atomic E-state index is 0.349. The molecule has 0 N–H and O–H groups in total. The van der Waals surface area contributed by atoms with Gasteiger partial charge in [-0.15, -0.1) is 0 Å². The van der Waals surface area contributed by atoms with Gasteiger partial charge in [-0.3, -0.25) is 0 Å². The van der Waals surface area contributed by atoms with Crippen LogP contribution in [0.2, 0.25) is 0 Å². The summed E-state index contributed by atoms with van der Waals surface area (Å²) >= 11 is 0. The highest BCUT2D eigenvalue weighted by Crippen LogP contribution is 2.64. The molecule has 0 bridgehead atoms. The van der Waals surface area contributed by atoms with Crippen molar-refractivity contribution in [1.29, 1.82) is 0 Å². The van der Waals surface area contributed by atoms with Gasteiger partial charge < -0.3 is 0 Å². The standard InChI is InChI=1S/C57H34N4O2S/c62-64(63)52-26-14-11-22-43(52)44-29-30-48-53(54(44)64)45-23-10-13-25-47(45)57(48)46-24-12-9-21-41(46)39-19-7-8-20-40(39)42-28-27-37(31-49(42)57)51-32-50(35-15-3-1-4-16-35)60-56(61-51)38-33-58-55(59-34-38)36-17-5-2-6-18-36/h1-34H. The van der Waals surface area contributed by atoms with Crippen molar-refractivity contribution in [2.45, 2.75) is 15.2 Å². The van der Waals surface area contributed by atoms with E-state index in [9.17, 15) is 8.42 Å². The Morgan fingerprint density at radius 3 is 1.59 bits per heavy atom. The number of benzene rings is 8. The summed E-state index contributed by atoms with van der Waals surface area (Å²) < 4.78 is 29.7. The van der Waals surface area contributed by atoms with Crippen molar-refractivity contribution in [2.24, 2.45) is 0 Å². The SMILES string of the molecule is O=S1(=O)c2ccccc2-c2ccc3c(c21)-c1ccccc1C31c2ccccc2-c2ccccc2-c2ccc(-c3cc(-c4ccccc4)nc(-c4cnc(-c5ccccc5)nc4)n3)cc21. The predicted octanol–water partition coefficient (Wildman–Crippen LogP) is 12.8. The zero-order chi connectivity index (χ0) is 42.6. The van der Waals surface area contributed by atoms with Gasteiger partial charge in [0.25, 0.3) is 0 Å². The van der Waals surface area contributed by atoms with Crippen molar-refractivity contribution in [3.63, 3.8) is 0 Å². The normalized spacial score (nSPS) is 15.5. The fourth-order valence-corrected chi connectivity index (χ4v) is 12.4. The van der Waals surface area contributed by atoms with Crippen LogP contribution < -0.4 is 0 Å². The van der Waals surface area contributed by atoms with E-state index in [1.807, 2.05) is 78.9 Å². The molecule has 1 unspecified atom stereocenters. The van der Waals surface area contributed by atoms with Crippen molar-refractivity contribution in [1.82, 2.24) is 19.9 Å². The molecule has 0 amide bonds. The fourth-order valence-electron chi connectivity index (χ4n) is 10.5. The van der Waals surface area contributed by atoms with E-state index in [0.29, 0.717) is 27.0 Å². The molecule has 1 atom stereocenters. The van der Waals surface area contributed by atoms with Gasteiger partial charge in [-0.25, -0.2) is 28.4 Å². The van der Waals surface area contributed by atoms with Crippen LogP contribution in [0, 0.1) is 0 Å². The van der Waals surface area contributed by atoms with E-state index >= 15 is 0 Å². The number of aromatic nitrogens is 4. The van der Waals surface area contributed by atoms with Crippen LogP contribution in [-0.2, 0) is 15.3 Å². The topological polar surface area (TPSA) is 85.7 Å². The smallest absolute Gasteiger partial charge is 0.208 e. The molecular formula is C57H34N4O2S. The van der Waals surface area contributed by atoms with Crippen molar-refractivity contribution in [3.8, 4) is 89.8 Å². The molecular weight excluding hydrogens is 805 g/mol. The van der Waals surface area contributed by atoms with Crippen molar-refractivity contribution in [2.75, 3.05) is 0 Å². The van der Waals surface area contributed by atoms with Crippen LogP contribution in [0.4, 0.5) is 0 Å². The molecule has 13 rings (SSSR count). The maximum absolute atomic E-state index is 14.9. The molecule has 3 aliphatic rings. The summed E-state index contributed by atoms with van der Waals surface area (Å²) in [7, 11) is -3.86. The van der Waals surface area contributed by atoms with E-state index in [1.165, 1.54) is 0 Å². The Morgan fingerprint density at radius 1 is 0.359 bits per heavy atom. The first-order valence-corrected chi connectivity index (χ1v) is 22.8. The maximum atomic E-state index is 14.9. The molecule has 3 heterocycles. The number of hydrogen-bond donors (Lipinski definition) is 0. The Morgan fingerprint density at radius 2 is 0.891 bits per heavy atom. The Bertz CT molecular complexity index is 3680. The van der Waals surface area contributed by atoms with Crippen LogP contribution in [0.1, 0.15) is 22.3 Å². The first-order valence-electron chi connectivity index (χ1n) is 21.3. The molecule has 0 fully saturated rings. The molecule has 2 aromatic heterocycles. The van der Waals surface area contributed by atoms with Gasteiger partial charge in [0.15, 0.2) is 11.6 Å². The third-order valence-electron chi connectivity index (χ3n) is 13.2. The minimum atomic E-state index is -3.86. The molecule has 0 saturated carbocycles. The zero-order valence-corrected chi connectivity index (χ0v) is 35.0. The lowest BCUT2D eigenvalue weighted by Gasteiger charge is -2.35. The molecule has 8 aromatic carbocycles. The third-order valence-corrected chi connectivity index (χ3v) is 15.1. The lowest BCUT2D eigenvalue weighted by Crippen LogP contribution is -2.29. The van der Waals surface area contributed by atoms with Crippen molar-refractivity contribution < 1.29 is 8.42 Å². The average Bonchev–Trinajstić information content (AvgIpc) is 3.75. The van der Waals surface area contributed by atoms with E-state index < -0.39 is 15.3 Å². The van der Waals surface area contributed by atoms with Crippen LogP contribution >= 0.6 is 0 Å². The van der Waals surface area contributed by atoms with Gasteiger partial charge in [-0.1, -0.05) is 176 Å². The summed E-state index contributed by atoms with van der Waals surface area (Å²) in [5, 5.41) is 0. The van der Waals surface area contributed by atoms with E-state index in [0.717, 1.165) is 94.8 Å². The lowest BCUT2D eigenvalue weighted by molar-refractivity contribution is 0.599. The summed E-state index contributed by atoms with van der Waals surface area (Å²) in [5.41, 5.74) is 15.7. The summed E-state index contributed by atoms with van der Waals surface area (Å²) in [6, 6.07) is 66.0. The van der Waals surface area contributed by atoms with E-state index in [2.05, 4.69) is 109 Å². The van der Waals surface area contributed by atoms with Crippen molar-refractivity contribution >= 4 is 9.84 Å². The molecule has 64 heavy (non-hydrogen) atoms. The zero-order valence-electron chi connectivity index (χ0n) is 34.1. The molecule has 300 valence electrons. The average molecular weight is 839 g/mol. The maximum Gasteiger partial charge on any atom is 0.208 e. The molecule has 10 aromatic rings. The quantitative estimate of drug-likeness (QED) is 0.175. The van der Waals surface area contributed by atoms with Crippen LogP contribution in [0.3, 0.4) is 0 Å². The Kier molecular flexibility index (Phi) is 7.81. The molecule has 7 heteroatoms. The number of hydrogen-bond acceptors (Lipinski definition) is 6. The highest BCUT2D eigenvalue weighted by Gasteiger charge is 2.52. The second-order valence-electron chi connectivity index (χ2n) is 16.5. The summed E-state index contributed by atoms with van der Waals surface area (Å²) in [4.78, 5) is 20.6. The summed E-state index contributed by atoms with van der Waals surface area (Å²) in [6.07, 6.45) is 3.58. The molecule has 0 radical (unpaired) electrons. The van der Waals surface area contributed by atoms with Gasteiger partial charge in [0.1, 0.15) is 0 Å². The molecule has 6 nitrogen and oxygen atoms in total. The largest absolute Gasteiger partial charge is 0.236 e. The highest BCUT2D eigenvalue weighted by molar-refractivity contribution is 7.92. The third kappa shape index (κ3) is 5.10. The van der Waals surface area contributed by atoms with Crippen LogP contribution in [0.5, 0.6) is 0 Å². The van der Waals surface area contributed by atoms with Crippen LogP contribution in [0.25, 0.3) is 89.8 Å². The fraction of sp³-hybridized carbons (Fsp3) is 0.0175. The van der Waals surface area contributed by atoms with Gasteiger partial charge in [-0.05, 0) is 68.3 Å². The minimum Gasteiger partial charge on any atom is -0.236 e. The summed E-state index contributed by atoms with van der Waals surface area (Å²) in [5.74, 6) is 1.13. The van der Waals surface area contributed by atoms with Gasteiger partial charge in [0.05, 0.1) is 32.2 Å².